The summed E-state index contributed by atoms with van der Waals surface area (Å²) < 4.78 is 174. The summed E-state index contributed by atoms with van der Waals surface area (Å²) in [5, 5.41) is 0. The summed E-state index contributed by atoms with van der Waals surface area (Å²) in [6, 6.07) is 49.0. The molecule has 0 aromatic heterocycles. The predicted molar refractivity (Wildman–Crippen MR) is 322 cm³/mol. The molecule has 0 aliphatic heterocycles. The first-order valence-electron chi connectivity index (χ1n) is 22.4. The van der Waals surface area contributed by atoms with E-state index in [-0.39, 0.29) is 33.9 Å². The first-order chi connectivity index (χ1) is 36.4. The van der Waals surface area contributed by atoms with Gasteiger partial charge in [-0.2, -0.15) is 0 Å². The fourth-order valence-electron chi connectivity index (χ4n) is 7.66. The third-order valence-electron chi connectivity index (χ3n) is 11.7. The quantitative estimate of drug-likeness (QED) is 0.0409. The fraction of sp³-hybridized carbons (Fsp3) is 0.0943. The van der Waals surface area contributed by atoms with E-state index >= 15 is 0 Å². The third-order valence-corrected chi connectivity index (χ3v) is 33.1. The second kappa shape index (κ2) is 24.5. The van der Waals surface area contributed by atoms with Crippen LogP contribution in [0.4, 0.5) is 0 Å². The van der Waals surface area contributed by atoms with E-state index in [2.05, 4.69) is 0 Å². The van der Waals surface area contributed by atoms with Crippen LogP contribution in [0.2, 0.25) is 0 Å². The Morgan fingerprint density at radius 2 is 0.429 bits per heavy atom. The molecule has 0 spiro atoms. The Bertz CT molecular complexity index is 3310. The van der Waals surface area contributed by atoms with Gasteiger partial charge in [0.05, 0.1) is 0 Å². The molecule has 0 fully saturated rings. The van der Waals surface area contributed by atoms with E-state index in [0.717, 1.165) is 22.3 Å². The molecule has 77 heavy (non-hydrogen) atoms. The molecular formula is C53H48I4O16S4. The number of benzene rings is 8. The first kappa shape index (κ1) is 59.3. The van der Waals surface area contributed by atoms with E-state index in [9.17, 15) is 47.4 Å². The van der Waals surface area contributed by atoms with Crippen LogP contribution < -0.4 is 0 Å². The van der Waals surface area contributed by atoms with Gasteiger partial charge >= 0.3 is 486 Å². The SMILES string of the molecule is Cc1ccc(S(=O)(=O)OI(O)c2ccc(C(c3ccc(I(O)OS(=O)(=O)c4ccc(C)cc4)cc3)(c3ccc(I(O)OS(=O)(=O)c4ccc(C)cc4)cc3)c3ccc(I(O)OS(=O)(=O)c4ccc(C)cc4)cc3)cc2)cc1. The molecule has 0 aliphatic carbocycles. The van der Waals surface area contributed by atoms with Crippen molar-refractivity contribution >= 4 is 123 Å². The van der Waals surface area contributed by atoms with Gasteiger partial charge in [-0.15, -0.1) is 0 Å². The van der Waals surface area contributed by atoms with E-state index in [0.29, 0.717) is 22.3 Å². The molecule has 0 saturated carbocycles. The van der Waals surface area contributed by atoms with Crippen molar-refractivity contribution in [3.63, 3.8) is 0 Å². The van der Waals surface area contributed by atoms with Crippen LogP contribution in [0.15, 0.2) is 214 Å². The number of halogens is 4. The van der Waals surface area contributed by atoms with Crippen LogP contribution in [-0.4, -0.2) is 47.4 Å². The molecule has 8 aromatic rings. The molecule has 0 heterocycles. The Balaban J connectivity index is 1.24. The third kappa shape index (κ3) is 13.8. The Labute approximate surface area is 480 Å². The van der Waals surface area contributed by atoms with Crippen molar-refractivity contribution in [3.8, 4) is 0 Å². The fourth-order valence-corrected chi connectivity index (χ4v) is 25.0. The van der Waals surface area contributed by atoms with Gasteiger partial charge in [0.2, 0.25) is 0 Å². The Morgan fingerprint density at radius 3 is 0.584 bits per heavy atom. The molecule has 0 aliphatic rings. The van der Waals surface area contributed by atoms with E-state index < -0.39 is 128 Å². The molecule has 0 saturated heterocycles. The van der Waals surface area contributed by atoms with E-state index in [1.54, 1.807) is 125 Å². The van der Waals surface area contributed by atoms with Gasteiger partial charge in [-0.05, 0) is 0 Å². The van der Waals surface area contributed by atoms with Crippen molar-refractivity contribution in [1.82, 2.24) is 0 Å². The minimum absolute atomic E-state index is 0.143. The van der Waals surface area contributed by atoms with Gasteiger partial charge in [0, 0.05) is 0 Å². The minimum atomic E-state index is -4.39. The maximum atomic E-state index is 13.3. The van der Waals surface area contributed by atoms with Gasteiger partial charge in [-0.1, -0.05) is 0 Å². The van der Waals surface area contributed by atoms with Crippen LogP contribution in [0, 0.1) is 42.0 Å². The zero-order chi connectivity index (χ0) is 55.5. The van der Waals surface area contributed by atoms with Gasteiger partial charge in [0.1, 0.15) is 0 Å². The van der Waals surface area contributed by atoms with Gasteiger partial charge < -0.3 is 0 Å². The van der Waals surface area contributed by atoms with Crippen LogP contribution in [0.5, 0.6) is 0 Å². The molecule has 16 nitrogen and oxygen atoms in total. The van der Waals surface area contributed by atoms with E-state index in [4.69, 9.17) is 10.1 Å². The topological polar surface area (TPSA) is 254 Å². The number of hydrogen-bond donors (Lipinski definition) is 4. The molecular weight excluding hydrogens is 1530 g/mol. The summed E-state index contributed by atoms with van der Waals surface area (Å²) in [5.74, 6) is 0. The Hall–Kier alpha value is -3.84. The molecule has 8 aromatic carbocycles. The summed E-state index contributed by atoms with van der Waals surface area (Å²) >= 11 is -15.7. The van der Waals surface area contributed by atoms with Crippen LogP contribution in [0.3, 0.4) is 0 Å². The summed E-state index contributed by atoms with van der Waals surface area (Å²) in [6.07, 6.45) is 0. The van der Waals surface area contributed by atoms with Crippen molar-refractivity contribution in [2.45, 2.75) is 52.7 Å². The molecule has 4 N–H and O–H groups in total. The summed E-state index contributed by atoms with van der Waals surface area (Å²) in [4.78, 5) is -0.572. The average molecular weight is 1580 g/mol. The number of rotatable bonds is 20. The Morgan fingerprint density at radius 1 is 0.273 bits per heavy atom. The van der Waals surface area contributed by atoms with Crippen molar-refractivity contribution in [2.24, 2.45) is 0 Å². The Kier molecular flexibility index (Phi) is 18.9. The molecule has 8 rings (SSSR count). The van der Waals surface area contributed by atoms with Crippen molar-refractivity contribution in [3.05, 3.63) is 253 Å². The standard InChI is InChI=1S/C53H48I4O16S4/c1-37-5-29-49(30-6-37)74(62,63)70-54(58)45-21-13-41(14-22-45)53(42-15-23-46(24-16-42)55(59)71-75(64,65)50-31-7-38(2)8-32-50,43-17-25-47(26-18-43)56(60)72-76(66,67)51-33-9-39(3)10-34-51)44-19-27-48(28-20-44)57(61)73-77(68,69)52-35-11-40(4)12-36-52/h5-36,58-61H,1-4H3. The van der Waals surface area contributed by atoms with Crippen molar-refractivity contribution in [1.29, 1.82) is 0 Å². The average Bonchev–Trinajstić information content (AvgIpc) is 3.40. The van der Waals surface area contributed by atoms with Gasteiger partial charge in [-0.25, -0.2) is 0 Å². The van der Waals surface area contributed by atoms with Crippen molar-refractivity contribution in [2.75, 3.05) is 0 Å². The van der Waals surface area contributed by atoms with E-state index in [1.807, 2.05) is 0 Å². The van der Waals surface area contributed by atoms with Gasteiger partial charge in [-0.3, -0.25) is 0 Å². The first-order valence-corrected chi connectivity index (χ1v) is 39.8. The molecule has 0 atom stereocenters. The molecule has 408 valence electrons. The molecule has 0 bridgehead atoms. The molecule has 0 unspecified atom stereocenters. The van der Waals surface area contributed by atoms with E-state index in [1.165, 1.54) is 97.1 Å². The van der Waals surface area contributed by atoms with Crippen LogP contribution >= 0.6 is 82.6 Å². The monoisotopic (exact) mass is 1580 g/mol. The maximum absolute atomic E-state index is 13.3. The van der Waals surface area contributed by atoms with Crippen molar-refractivity contribution < 1.29 is 57.5 Å². The second-order valence-corrected chi connectivity index (χ2v) is 37.6. The number of hydrogen-bond acceptors (Lipinski definition) is 16. The molecule has 0 radical (unpaired) electrons. The molecule has 0 amide bonds. The normalized spacial score (nSPS) is 13.2. The second-order valence-electron chi connectivity index (χ2n) is 17.0. The summed E-state index contributed by atoms with van der Waals surface area (Å²) in [6.45, 7) is 7.17. The van der Waals surface area contributed by atoms with Crippen LogP contribution in [0.1, 0.15) is 44.5 Å². The number of aryl methyl sites for hydroxylation is 4. The van der Waals surface area contributed by atoms with Gasteiger partial charge in [0.15, 0.2) is 0 Å². The van der Waals surface area contributed by atoms with Crippen LogP contribution in [-0.2, 0) is 55.9 Å². The molecule has 24 heteroatoms. The predicted octanol–water partition coefficient (Wildman–Crippen LogP) is 10.9. The summed E-state index contributed by atoms with van der Waals surface area (Å²) in [7, 11) is -17.5. The van der Waals surface area contributed by atoms with Gasteiger partial charge in [0.25, 0.3) is 0 Å². The zero-order valence-electron chi connectivity index (χ0n) is 40.8. The zero-order valence-corrected chi connectivity index (χ0v) is 52.7. The summed E-state index contributed by atoms with van der Waals surface area (Å²) in [5.41, 5.74) is 3.63. The van der Waals surface area contributed by atoms with Crippen LogP contribution in [0.25, 0.3) is 0 Å².